The van der Waals surface area contributed by atoms with E-state index in [1.807, 2.05) is 0 Å². The largest absolute Gasteiger partial charge is 0.394 e. The van der Waals surface area contributed by atoms with Crippen molar-refractivity contribution in [1.29, 1.82) is 0 Å². The summed E-state index contributed by atoms with van der Waals surface area (Å²) in [6.07, 6.45) is -23.6. The highest BCUT2D eigenvalue weighted by Gasteiger charge is 2.54. The number of hydrogen-bond donors (Lipinski definition) is 10. The SMILES string of the molecule is CC(=O)N[C@H]1O[C@H](CO)[C@H](O)[C@@H](O[C@@H]2O[C@H](CO)[C@H](O)[C@H](O)[C@@H]2O)[C@@H]1O[C@@H]1O[C@@H](C)[C@@H](O)[C@@H](O)[C@@H]1O. The van der Waals surface area contributed by atoms with Crippen molar-refractivity contribution in [3.05, 3.63) is 0 Å². The Bertz CT molecular complexity index is 729. The van der Waals surface area contributed by atoms with Gasteiger partial charge in [-0.25, -0.2) is 0 Å². The van der Waals surface area contributed by atoms with Gasteiger partial charge in [-0.05, 0) is 6.92 Å². The van der Waals surface area contributed by atoms with Crippen LogP contribution in [0.5, 0.6) is 0 Å². The van der Waals surface area contributed by atoms with E-state index in [0.29, 0.717) is 0 Å². The van der Waals surface area contributed by atoms with Crippen LogP contribution in [-0.4, -0.2) is 157 Å². The molecule has 3 aliphatic rings. The fraction of sp³-hybridized carbons (Fsp3) is 0.950. The van der Waals surface area contributed by atoms with Gasteiger partial charge in [0.25, 0.3) is 0 Å². The molecular formula is C20H35NO15. The molecule has 1 amide bonds. The minimum Gasteiger partial charge on any atom is -0.394 e. The summed E-state index contributed by atoms with van der Waals surface area (Å²) in [6.45, 7) is 1.04. The average Bonchev–Trinajstić information content (AvgIpc) is 2.84. The fourth-order valence-corrected chi connectivity index (χ4v) is 4.31. The van der Waals surface area contributed by atoms with Gasteiger partial charge in [0.2, 0.25) is 5.91 Å². The van der Waals surface area contributed by atoms with Gasteiger partial charge in [-0.15, -0.1) is 0 Å². The minimum atomic E-state index is -1.86. The maximum absolute atomic E-state index is 11.8. The lowest BCUT2D eigenvalue weighted by Crippen LogP contribution is -2.69. The molecule has 3 rings (SSSR count). The zero-order valence-electron chi connectivity index (χ0n) is 19.5. The Labute approximate surface area is 205 Å². The molecule has 0 aliphatic carbocycles. The number of ether oxygens (including phenoxy) is 5. The number of rotatable bonds is 7. The third-order valence-corrected chi connectivity index (χ3v) is 6.43. The Kier molecular flexibility index (Phi) is 9.97. The molecule has 0 radical (unpaired) electrons. The van der Waals surface area contributed by atoms with Crippen molar-refractivity contribution in [2.45, 2.75) is 106 Å². The molecule has 3 saturated heterocycles. The summed E-state index contributed by atoms with van der Waals surface area (Å²) in [5, 5.41) is 93.3. The van der Waals surface area contributed by atoms with E-state index >= 15 is 0 Å². The molecule has 210 valence electrons. The maximum atomic E-state index is 11.8. The highest BCUT2D eigenvalue weighted by Crippen LogP contribution is 2.32. The van der Waals surface area contributed by atoms with E-state index in [0.717, 1.165) is 6.92 Å². The Hall–Kier alpha value is -1.09. The van der Waals surface area contributed by atoms with Crippen molar-refractivity contribution in [1.82, 2.24) is 5.32 Å². The first-order chi connectivity index (χ1) is 16.9. The monoisotopic (exact) mass is 529 g/mol. The molecule has 3 fully saturated rings. The third kappa shape index (κ3) is 5.97. The lowest BCUT2D eigenvalue weighted by Gasteiger charge is -2.49. The highest BCUT2D eigenvalue weighted by molar-refractivity contribution is 5.73. The van der Waals surface area contributed by atoms with Gasteiger partial charge in [-0.2, -0.15) is 0 Å². The zero-order chi connectivity index (χ0) is 26.9. The molecule has 0 spiro atoms. The van der Waals surface area contributed by atoms with E-state index in [2.05, 4.69) is 5.32 Å². The van der Waals surface area contributed by atoms with E-state index in [1.54, 1.807) is 0 Å². The van der Waals surface area contributed by atoms with Crippen molar-refractivity contribution in [2.24, 2.45) is 0 Å². The quantitative estimate of drug-likeness (QED) is 0.147. The first-order valence-electron chi connectivity index (χ1n) is 11.4. The topological polar surface area (TPSA) is 257 Å². The van der Waals surface area contributed by atoms with E-state index in [4.69, 9.17) is 23.7 Å². The first-order valence-corrected chi connectivity index (χ1v) is 11.4. The van der Waals surface area contributed by atoms with Crippen LogP contribution in [0.25, 0.3) is 0 Å². The van der Waals surface area contributed by atoms with Crippen molar-refractivity contribution >= 4 is 5.91 Å². The maximum Gasteiger partial charge on any atom is 0.218 e. The van der Waals surface area contributed by atoms with Gasteiger partial charge in [-0.3, -0.25) is 4.79 Å². The van der Waals surface area contributed by atoms with E-state index in [-0.39, 0.29) is 0 Å². The van der Waals surface area contributed by atoms with E-state index in [1.165, 1.54) is 6.92 Å². The van der Waals surface area contributed by atoms with Gasteiger partial charge >= 0.3 is 0 Å². The fourth-order valence-electron chi connectivity index (χ4n) is 4.31. The molecule has 3 aliphatic heterocycles. The summed E-state index contributed by atoms with van der Waals surface area (Å²) in [5.41, 5.74) is 0. The molecule has 16 heteroatoms. The molecule has 15 atom stereocenters. The van der Waals surface area contributed by atoms with Crippen molar-refractivity contribution < 1.29 is 74.4 Å². The second-order valence-corrected chi connectivity index (χ2v) is 9.05. The number of nitrogens with one attached hydrogen (secondary N) is 1. The standard InChI is InChI=1S/C20H35NO15/c1-5-9(25)12(28)14(30)19(32-5)36-17-16(11(27)8(4-23)33-18(17)21-6(2)24)35-20-15(31)13(29)10(26)7(3-22)34-20/h5,7-20,22-23,25-31H,3-4H2,1-2H3,(H,21,24)/t5-,7+,8+,9+,10-,11-,12+,13-,14-,15-,16+,17-,18-,19-,20-/m0/s1. The molecule has 36 heavy (non-hydrogen) atoms. The second-order valence-electron chi connectivity index (χ2n) is 9.05. The van der Waals surface area contributed by atoms with Crippen molar-refractivity contribution in [3.8, 4) is 0 Å². The van der Waals surface area contributed by atoms with E-state index < -0.39 is 111 Å². The van der Waals surface area contributed by atoms with Crippen LogP contribution in [-0.2, 0) is 28.5 Å². The Morgan fingerprint density at radius 2 is 1.19 bits per heavy atom. The summed E-state index contributed by atoms with van der Waals surface area (Å²) in [6, 6.07) is 0. The number of aliphatic hydroxyl groups is 9. The minimum absolute atomic E-state index is 0.623. The lowest BCUT2D eigenvalue weighted by atomic mass is 9.95. The lowest BCUT2D eigenvalue weighted by molar-refractivity contribution is -0.370. The number of amides is 1. The van der Waals surface area contributed by atoms with Crippen LogP contribution in [0.2, 0.25) is 0 Å². The zero-order valence-corrected chi connectivity index (χ0v) is 19.5. The Morgan fingerprint density at radius 3 is 1.75 bits per heavy atom. The van der Waals surface area contributed by atoms with Crippen LogP contribution in [0.1, 0.15) is 13.8 Å². The molecule has 3 heterocycles. The van der Waals surface area contributed by atoms with Crippen LogP contribution >= 0.6 is 0 Å². The molecule has 0 saturated carbocycles. The highest BCUT2D eigenvalue weighted by atomic mass is 16.7. The van der Waals surface area contributed by atoms with Gasteiger partial charge in [0.05, 0.1) is 19.3 Å². The summed E-state index contributed by atoms with van der Waals surface area (Å²) in [7, 11) is 0. The predicted molar refractivity (Wildman–Crippen MR) is 111 cm³/mol. The summed E-state index contributed by atoms with van der Waals surface area (Å²) in [4.78, 5) is 11.8. The van der Waals surface area contributed by atoms with Crippen LogP contribution in [0, 0.1) is 0 Å². The molecule has 0 aromatic heterocycles. The molecule has 16 nitrogen and oxygen atoms in total. The van der Waals surface area contributed by atoms with Gasteiger partial charge in [0.1, 0.15) is 67.1 Å². The number of hydrogen-bond acceptors (Lipinski definition) is 15. The van der Waals surface area contributed by atoms with E-state index in [9.17, 15) is 50.8 Å². The normalized spacial score (nSPS) is 50.0. The van der Waals surface area contributed by atoms with Gasteiger partial charge in [0.15, 0.2) is 18.8 Å². The molecular weight excluding hydrogens is 494 g/mol. The molecule has 10 N–H and O–H groups in total. The molecule has 0 bridgehead atoms. The van der Waals surface area contributed by atoms with Gasteiger partial charge in [0, 0.05) is 6.92 Å². The van der Waals surface area contributed by atoms with Gasteiger partial charge in [-0.1, -0.05) is 0 Å². The van der Waals surface area contributed by atoms with Crippen molar-refractivity contribution in [2.75, 3.05) is 13.2 Å². The average molecular weight is 529 g/mol. The number of carbonyl (C=O) groups is 1. The number of carbonyl (C=O) groups excluding carboxylic acids is 1. The Morgan fingerprint density at radius 1 is 0.694 bits per heavy atom. The first kappa shape index (κ1) is 29.5. The van der Waals surface area contributed by atoms with Crippen molar-refractivity contribution in [3.63, 3.8) is 0 Å². The summed E-state index contributed by atoms with van der Waals surface area (Å²) in [5.74, 6) is -0.623. The molecule has 0 unspecified atom stereocenters. The third-order valence-electron chi connectivity index (χ3n) is 6.43. The summed E-state index contributed by atoms with van der Waals surface area (Å²) < 4.78 is 27.7. The molecule has 0 aromatic carbocycles. The number of aliphatic hydroxyl groups excluding tert-OH is 9. The summed E-state index contributed by atoms with van der Waals surface area (Å²) >= 11 is 0. The second kappa shape index (κ2) is 12.2. The van der Waals surface area contributed by atoms with Gasteiger partial charge < -0.3 is 75.0 Å². The predicted octanol–water partition coefficient (Wildman–Crippen LogP) is -6.40. The van der Waals surface area contributed by atoms with Crippen LogP contribution < -0.4 is 5.32 Å². The molecule has 0 aromatic rings. The van der Waals surface area contributed by atoms with Crippen LogP contribution in [0.15, 0.2) is 0 Å². The van der Waals surface area contributed by atoms with Crippen LogP contribution in [0.3, 0.4) is 0 Å². The Balaban J connectivity index is 1.91. The smallest absolute Gasteiger partial charge is 0.218 e. The van der Waals surface area contributed by atoms with Crippen LogP contribution in [0.4, 0.5) is 0 Å².